The first-order chi connectivity index (χ1) is 21.8. The van der Waals surface area contributed by atoms with Crippen molar-refractivity contribution < 1.29 is 38.9 Å². The molecule has 0 aromatic heterocycles. The lowest BCUT2D eigenvalue weighted by atomic mass is 9.59. The van der Waals surface area contributed by atoms with Crippen LogP contribution in [0.1, 0.15) is 31.2 Å². The highest BCUT2D eigenvalue weighted by Gasteiger charge is 2.57. The molecule has 1 N–H and O–H groups in total. The summed E-state index contributed by atoms with van der Waals surface area (Å²) in [6, 6.07) is 6.44. The van der Waals surface area contributed by atoms with Crippen molar-refractivity contribution in [2.24, 2.45) is 17.8 Å². The minimum absolute atomic E-state index is 0.0357. The van der Waals surface area contributed by atoms with Crippen LogP contribution >= 0.6 is 0 Å². The number of anilines is 2. The number of aromatic hydroxyl groups is 1. The molecule has 4 aliphatic rings. The third-order valence-electron chi connectivity index (χ3n) is 9.26. The lowest BCUT2D eigenvalue weighted by Gasteiger charge is -2.42. The number of amides is 2. The van der Waals surface area contributed by atoms with Crippen molar-refractivity contribution >= 4 is 46.1 Å². The molecule has 1 fully saturated rings. The molecule has 0 bridgehead atoms. The molecule has 236 valence electrons. The number of allylic oxidation sites excluding steroid dienone is 6. The molecule has 46 heavy (non-hydrogen) atoms. The van der Waals surface area contributed by atoms with Gasteiger partial charge < -0.3 is 14.7 Å². The summed E-state index contributed by atoms with van der Waals surface area (Å²) in [4.78, 5) is 79.4. The topological polar surface area (TPSA) is 190 Å². The number of phenolic OH excluding ortho intramolecular Hbond substituents is 1. The molecule has 6 rings (SSSR count). The van der Waals surface area contributed by atoms with Gasteiger partial charge in [0.15, 0.2) is 17.3 Å². The predicted molar refractivity (Wildman–Crippen MR) is 163 cm³/mol. The average molecular weight is 629 g/mol. The van der Waals surface area contributed by atoms with E-state index in [9.17, 15) is 44.5 Å². The quantitative estimate of drug-likeness (QED) is 0.160. The van der Waals surface area contributed by atoms with E-state index in [1.54, 1.807) is 12.1 Å². The number of hydrogen-bond acceptors (Lipinski definition) is 11. The van der Waals surface area contributed by atoms with Crippen molar-refractivity contribution in [2.45, 2.75) is 25.7 Å². The molecule has 1 heterocycles. The normalized spacial score (nSPS) is 23.8. The maximum Gasteiger partial charge on any atom is 0.301 e. The second-order valence-electron chi connectivity index (χ2n) is 11.9. The molecule has 2 aromatic rings. The highest BCUT2D eigenvalue weighted by atomic mass is 16.6. The number of phenols is 1. The molecule has 1 aliphatic heterocycles. The first kappa shape index (κ1) is 30.4. The molecule has 0 saturated carbocycles. The molecule has 3 aliphatic carbocycles. The largest absolute Gasteiger partial charge is 0.508 e. The van der Waals surface area contributed by atoms with Crippen LogP contribution in [0.4, 0.5) is 22.7 Å². The molecule has 0 radical (unpaired) electrons. The number of methoxy groups -OCH3 is 1. The summed E-state index contributed by atoms with van der Waals surface area (Å²) in [6.45, 7) is 1.51. The van der Waals surface area contributed by atoms with E-state index in [4.69, 9.17) is 4.74 Å². The lowest BCUT2D eigenvalue weighted by Crippen LogP contribution is -2.39. The summed E-state index contributed by atoms with van der Waals surface area (Å²) in [5.41, 5.74) is -0.481. The summed E-state index contributed by atoms with van der Waals surface area (Å²) in [5.74, 6) is -5.65. The fourth-order valence-electron chi connectivity index (χ4n) is 7.34. The van der Waals surface area contributed by atoms with Gasteiger partial charge in [0.25, 0.3) is 0 Å². The molecule has 1 saturated heterocycles. The Morgan fingerprint density at radius 3 is 2.22 bits per heavy atom. The van der Waals surface area contributed by atoms with Crippen molar-refractivity contribution in [1.29, 1.82) is 0 Å². The monoisotopic (exact) mass is 628 g/mol. The predicted octanol–water partition coefficient (Wildman–Crippen LogP) is 3.92. The van der Waals surface area contributed by atoms with Crippen LogP contribution in [-0.2, 0) is 19.2 Å². The second kappa shape index (κ2) is 10.8. The van der Waals surface area contributed by atoms with Crippen molar-refractivity contribution in [1.82, 2.24) is 0 Å². The van der Waals surface area contributed by atoms with Crippen molar-refractivity contribution in [3.63, 3.8) is 0 Å². The van der Waals surface area contributed by atoms with Gasteiger partial charge in [0.2, 0.25) is 11.8 Å². The van der Waals surface area contributed by atoms with Crippen LogP contribution in [0.25, 0.3) is 0 Å². The Hall–Kier alpha value is -5.66. The SMILES string of the molecule is COc1ccc(O)c(C2C3=CCC4C(=O)N(c5cc([N+](=O)[O-])c(N(C)C)c([N+](=O)[O-])c5)C(=O)C4C3CC3=C2C(=O)C=C(C)C3=O)c1. The third-order valence-corrected chi connectivity index (χ3v) is 9.26. The number of hydrogen-bond donors (Lipinski definition) is 1. The second-order valence-corrected chi connectivity index (χ2v) is 11.9. The van der Waals surface area contributed by atoms with Gasteiger partial charge in [0, 0.05) is 54.4 Å². The number of benzene rings is 2. The fraction of sp³-hybridized carbons (Fsp3) is 0.312. The van der Waals surface area contributed by atoms with Gasteiger partial charge in [-0.05, 0) is 50.0 Å². The van der Waals surface area contributed by atoms with E-state index in [1.165, 1.54) is 51.2 Å². The van der Waals surface area contributed by atoms with Crippen LogP contribution in [-0.4, -0.2) is 59.5 Å². The molecule has 14 nitrogen and oxygen atoms in total. The van der Waals surface area contributed by atoms with E-state index in [0.717, 1.165) is 17.0 Å². The maximum atomic E-state index is 14.2. The minimum atomic E-state index is -1.04. The van der Waals surface area contributed by atoms with Gasteiger partial charge in [-0.3, -0.25) is 39.4 Å². The summed E-state index contributed by atoms with van der Waals surface area (Å²) in [7, 11) is 4.24. The van der Waals surface area contributed by atoms with Crippen LogP contribution in [0.2, 0.25) is 0 Å². The number of fused-ring (bicyclic) bond motifs is 3. The zero-order valence-electron chi connectivity index (χ0n) is 25.2. The third kappa shape index (κ3) is 4.39. The molecule has 4 unspecified atom stereocenters. The Bertz CT molecular complexity index is 1870. The number of ketones is 2. The molecular formula is C32H28N4O10. The Balaban J connectivity index is 1.50. The van der Waals surface area contributed by atoms with Gasteiger partial charge in [-0.2, -0.15) is 0 Å². The highest BCUT2D eigenvalue weighted by Crippen LogP contribution is 2.57. The number of nitro benzene ring substituents is 2. The number of nitro groups is 2. The Morgan fingerprint density at radius 1 is 0.978 bits per heavy atom. The van der Waals surface area contributed by atoms with Gasteiger partial charge >= 0.3 is 11.4 Å². The lowest BCUT2D eigenvalue weighted by molar-refractivity contribution is -0.392. The highest BCUT2D eigenvalue weighted by molar-refractivity contribution is 6.25. The zero-order chi connectivity index (χ0) is 33.4. The van der Waals surface area contributed by atoms with Crippen molar-refractivity contribution in [3.8, 4) is 11.5 Å². The van der Waals surface area contributed by atoms with Crippen LogP contribution in [0.15, 0.2) is 64.8 Å². The van der Waals surface area contributed by atoms with E-state index in [0.29, 0.717) is 11.3 Å². The van der Waals surface area contributed by atoms with E-state index in [1.807, 2.05) is 0 Å². The first-order valence-electron chi connectivity index (χ1n) is 14.4. The van der Waals surface area contributed by atoms with Crippen LogP contribution in [0.5, 0.6) is 11.5 Å². The zero-order valence-corrected chi connectivity index (χ0v) is 25.2. The van der Waals surface area contributed by atoms with Gasteiger partial charge in [0.1, 0.15) is 11.5 Å². The van der Waals surface area contributed by atoms with Gasteiger partial charge in [-0.25, -0.2) is 4.90 Å². The Labute approximate surface area is 261 Å². The summed E-state index contributed by atoms with van der Waals surface area (Å²) in [5, 5.41) is 35.0. The van der Waals surface area contributed by atoms with Gasteiger partial charge in [0.05, 0.1) is 34.5 Å². The van der Waals surface area contributed by atoms with Crippen molar-refractivity contribution in [3.05, 3.63) is 90.6 Å². The van der Waals surface area contributed by atoms with E-state index in [2.05, 4.69) is 0 Å². The molecule has 14 heteroatoms. The molecule has 2 amide bonds. The molecule has 0 spiro atoms. The van der Waals surface area contributed by atoms with Crippen LogP contribution in [0, 0.1) is 38.0 Å². The summed E-state index contributed by atoms with van der Waals surface area (Å²) in [6.07, 6.45) is 3.02. The first-order valence-corrected chi connectivity index (χ1v) is 14.4. The van der Waals surface area contributed by atoms with Gasteiger partial charge in [-0.1, -0.05) is 11.6 Å². The van der Waals surface area contributed by atoms with Crippen LogP contribution in [0.3, 0.4) is 0 Å². The van der Waals surface area contributed by atoms with E-state index in [-0.39, 0.29) is 58.0 Å². The number of nitrogens with zero attached hydrogens (tertiary/aromatic N) is 4. The average Bonchev–Trinajstić information content (AvgIpc) is 3.27. The number of imide groups is 1. The van der Waals surface area contributed by atoms with E-state index >= 15 is 0 Å². The number of Topliss-reactive ketones (excluding diaryl/α,β-unsaturated/α-hetero) is 1. The number of rotatable bonds is 6. The smallest absolute Gasteiger partial charge is 0.301 e. The standard InChI is InChI=1S/C32H28N4O10/c1-14-9-25(38)28-21(30(14)39)13-19-17(26(28)20-12-16(46-4)5-8-24(20)37)6-7-18-27(19)32(41)34(31(18)40)15-10-22(35(42)43)29(33(2)3)23(11-15)36(44)45/h5-6,8-12,18-19,26-27,37H,7,13H2,1-4H3. The Kier molecular flexibility index (Phi) is 7.10. The number of ether oxygens (including phenoxy) is 1. The minimum Gasteiger partial charge on any atom is -0.508 e. The fourth-order valence-corrected chi connectivity index (χ4v) is 7.34. The molecule has 4 atom stereocenters. The Morgan fingerprint density at radius 2 is 1.63 bits per heavy atom. The maximum absolute atomic E-state index is 14.2. The summed E-state index contributed by atoms with van der Waals surface area (Å²) < 4.78 is 5.36. The van der Waals surface area contributed by atoms with Crippen molar-refractivity contribution in [2.75, 3.05) is 31.0 Å². The summed E-state index contributed by atoms with van der Waals surface area (Å²) >= 11 is 0. The molecule has 2 aromatic carbocycles. The number of carbonyl (C=O) groups excluding carboxylic acids is 4. The van der Waals surface area contributed by atoms with Crippen LogP contribution < -0.4 is 14.5 Å². The van der Waals surface area contributed by atoms with Gasteiger partial charge in [-0.15, -0.1) is 0 Å². The molecular weight excluding hydrogens is 600 g/mol. The van der Waals surface area contributed by atoms with E-state index < -0.39 is 62.5 Å². The number of carbonyl (C=O) groups is 4.